The lowest BCUT2D eigenvalue weighted by molar-refractivity contribution is -0.140. The van der Waals surface area contributed by atoms with E-state index in [0.29, 0.717) is 30.1 Å². The summed E-state index contributed by atoms with van der Waals surface area (Å²) in [6.07, 6.45) is 2.53. The highest BCUT2D eigenvalue weighted by Crippen LogP contribution is 2.20. The van der Waals surface area contributed by atoms with Gasteiger partial charge in [0, 0.05) is 30.1 Å². The zero-order valence-electron chi connectivity index (χ0n) is 11.3. The Morgan fingerprint density at radius 1 is 1.45 bits per heavy atom. The lowest BCUT2D eigenvalue weighted by Crippen LogP contribution is -2.26. The highest BCUT2D eigenvalue weighted by atomic mass is 35.5. The summed E-state index contributed by atoms with van der Waals surface area (Å²) in [7, 11) is 1.35. The number of carbonyl (C=O) groups excluding carboxylic acids is 2. The van der Waals surface area contributed by atoms with E-state index in [1.54, 1.807) is 11.0 Å². The molecule has 1 amide bonds. The number of halogens is 1. The topological polar surface area (TPSA) is 46.6 Å². The molecule has 0 unspecified atom stereocenters. The predicted molar refractivity (Wildman–Crippen MR) is 76.2 cm³/mol. The van der Waals surface area contributed by atoms with Crippen LogP contribution in [0.15, 0.2) is 35.9 Å². The van der Waals surface area contributed by atoms with Crippen LogP contribution in [0.25, 0.3) is 0 Å². The predicted octanol–water partition coefficient (Wildman–Crippen LogP) is 2.56. The zero-order chi connectivity index (χ0) is 14.5. The molecular formula is C15H16ClNO3. The quantitative estimate of drug-likeness (QED) is 0.784. The maximum atomic E-state index is 12.2. The number of ether oxygens (including phenoxy) is 1. The van der Waals surface area contributed by atoms with Crippen LogP contribution < -0.4 is 0 Å². The van der Waals surface area contributed by atoms with Gasteiger partial charge in [0.15, 0.2) is 0 Å². The largest absolute Gasteiger partial charge is 0.469 e. The van der Waals surface area contributed by atoms with Crippen molar-refractivity contribution in [1.82, 2.24) is 4.90 Å². The van der Waals surface area contributed by atoms with Crippen LogP contribution in [0.1, 0.15) is 18.4 Å². The van der Waals surface area contributed by atoms with Crippen molar-refractivity contribution in [1.29, 1.82) is 0 Å². The number of benzene rings is 1. The average molecular weight is 294 g/mol. The highest BCUT2D eigenvalue weighted by Gasteiger charge is 2.24. The van der Waals surface area contributed by atoms with Gasteiger partial charge in [-0.05, 0) is 24.1 Å². The van der Waals surface area contributed by atoms with Crippen molar-refractivity contribution in [2.45, 2.75) is 19.4 Å². The first-order chi connectivity index (χ1) is 9.60. The number of hydrogen-bond donors (Lipinski definition) is 0. The van der Waals surface area contributed by atoms with Gasteiger partial charge in [-0.2, -0.15) is 0 Å². The molecule has 0 spiro atoms. The third-order valence-corrected chi connectivity index (χ3v) is 3.44. The van der Waals surface area contributed by atoms with Crippen molar-refractivity contribution < 1.29 is 14.3 Å². The third-order valence-electron chi connectivity index (χ3n) is 3.21. The van der Waals surface area contributed by atoms with Crippen molar-refractivity contribution >= 4 is 23.5 Å². The van der Waals surface area contributed by atoms with Crippen LogP contribution in [0.4, 0.5) is 0 Å². The molecule has 0 fully saturated rings. The fourth-order valence-corrected chi connectivity index (χ4v) is 2.35. The van der Waals surface area contributed by atoms with Crippen LogP contribution in [-0.4, -0.2) is 30.4 Å². The van der Waals surface area contributed by atoms with Gasteiger partial charge in [0.1, 0.15) is 0 Å². The summed E-state index contributed by atoms with van der Waals surface area (Å²) < 4.78 is 4.58. The van der Waals surface area contributed by atoms with Crippen LogP contribution in [0.3, 0.4) is 0 Å². The summed E-state index contributed by atoms with van der Waals surface area (Å²) >= 11 is 5.93. The molecule has 0 N–H and O–H groups in total. The van der Waals surface area contributed by atoms with Gasteiger partial charge >= 0.3 is 5.97 Å². The van der Waals surface area contributed by atoms with Crippen LogP contribution in [-0.2, 0) is 20.9 Å². The summed E-state index contributed by atoms with van der Waals surface area (Å²) in [6.45, 7) is 1.10. The van der Waals surface area contributed by atoms with Gasteiger partial charge in [0.2, 0.25) is 5.91 Å². The molecule has 0 saturated carbocycles. The Hall–Kier alpha value is -1.81. The first kappa shape index (κ1) is 14.6. The lowest BCUT2D eigenvalue weighted by Gasteiger charge is -2.16. The second kappa shape index (κ2) is 6.57. The SMILES string of the molecule is COC(=O)CCC1=CCN(Cc2cccc(Cl)c2)C1=O. The molecule has 1 aromatic rings. The van der Waals surface area contributed by atoms with Crippen molar-refractivity contribution in [2.75, 3.05) is 13.7 Å². The van der Waals surface area contributed by atoms with Crippen LogP contribution in [0.5, 0.6) is 0 Å². The first-order valence-electron chi connectivity index (χ1n) is 6.39. The molecule has 4 nitrogen and oxygen atoms in total. The molecule has 0 bridgehead atoms. The van der Waals surface area contributed by atoms with Crippen molar-refractivity contribution in [2.24, 2.45) is 0 Å². The summed E-state index contributed by atoms with van der Waals surface area (Å²) in [5.41, 5.74) is 1.67. The molecule has 0 saturated heterocycles. The van der Waals surface area contributed by atoms with Crippen molar-refractivity contribution in [3.8, 4) is 0 Å². The molecule has 1 aliphatic rings. The minimum atomic E-state index is -0.299. The molecule has 20 heavy (non-hydrogen) atoms. The van der Waals surface area contributed by atoms with E-state index in [2.05, 4.69) is 4.74 Å². The fourth-order valence-electron chi connectivity index (χ4n) is 2.13. The van der Waals surface area contributed by atoms with Gasteiger partial charge < -0.3 is 9.64 Å². The van der Waals surface area contributed by atoms with E-state index in [4.69, 9.17) is 11.6 Å². The molecule has 1 heterocycles. The van der Waals surface area contributed by atoms with E-state index in [1.807, 2.05) is 24.3 Å². The number of rotatable bonds is 5. The van der Waals surface area contributed by atoms with Crippen molar-refractivity contribution in [3.05, 3.63) is 46.5 Å². The number of carbonyl (C=O) groups is 2. The van der Waals surface area contributed by atoms with Gasteiger partial charge in [-0.1, -0.05) is 29.8 Å². The summed E-state index contributed by atoms with van der Waals surface area (Å²) in [5, 5.41) is 0.660. The molecule has 1 aliphatic heterocycles. The molecule has 2 rings (SSSR count). The van der Waals surface area contributed by atoms with E-state index in [-0.39, 0.29) is 18.3 Å². The third kappa shape index (κ3) is 3.61. The van der Waals surface area contributed by atoms with Gasteiger partial charge in [0.05, 0.1) is 7.11 Å². The zero-order valence-corrected chi connectivity index (χ0v) is 12.0. The molecule has 0 atom stereocenters. The molecule has 0 aromatic heterocycles. The molecular weight excluding hydrogens is 278 g/mol. The van der Waals surface area contributed by atoms with Gasteiger partial charge in [-0.3, -0.25) is 9.59 Å². The van der Waals surface area contributed by atoms with E-state index in [0.717, 1.165) is 5.56 Å². The Labute approximate surface area is 123 Å². The van der Waals surface area contributed by atoms with Crippen molar-refractivity contribution in [3.63, 3.8) is 0 Å². The van der Waals surface area contributed by atoms with Crippen LogP contribution in [0, 0.1) is 0 Å². The fraction of sp³-hybridized carbons (Fsp3) is 0.333. The van der Waals surface area contributed by atoms with Crippen LogP contribution >= 0.6 is 11.6 Å². The Morgan fingerprint density at radius 2 is 2.25 bits per heavy atom. The maximum absolute atomic E-state index is 12.2. The minimum absolute atomic E-state index is 0.0196. The Kier molecular flexibility index (Phi) is 4.79. The number of hydrogen-bond acceptors (Lipinski definition) is 3. The summed E-state index contributed by atoms with van der Waals surface area (Å²) in [6, 6.07) is 7.45. The van der Waals surface area contributed by atoms with Gasteiger partial charge in [-0.25, -0.2) is 0 Å². The van der Waals surface area contributed by atoms with Gasteiger partial charge in [0.25, 0.3) is 0 Å². The number of amides is 1. The van der Waals surface area contributed by atoms with E-state index in [9.17, 15) is 9.59 Å². The summed E-state index contributed by atoms with van der Waals surface area (Å²) in [5.74, 6) is -0.319. The number of nitrogens with zero attached hydrogens (tertiary/aromatic N) is 1. The lowest BCUT2D eigenvalue weighted by atomic mass is 10.1. The van der Waals surface area contributed by atoms with E-state index < -0.39 is 0 Å². The normalized spacial score (nSPS) is 14.4. The highest BCUT2D eigenvalue weighted by molar-refractivity contribution is 6.30. The van der Waals surface area contributed by atoms with E-state index >= 15 is 0 Å². The Bertz CT molecular complexity index is 554. The number of esters is 1. The second-order valence-electron chi connectivity index (χ2n) is 4.62. The summed E-state index contributed by atoms with van der Waals surface area (Å²) in [4.78, 5) is 25.0. The second-order valence-corrected chi connectivity index (χ2v) is 5.06. The first-order valence-corrected chi connectivity index (χ1v) is 6.77. The van der Waals surface area contributed by atoms with E-state index in [1.165, 1.54) is 7.11 Å². The molecule has 0 radical (unpaired) electrons. The molecule has 106 valence electrons. The standard InChI is InChI=1S/C15H16ClNO3/c1-20-14(18)6-5-12-7-8-17(15(12)19)10-11-3-2-4-13(16)9-11/h2-4,7,9H,5-6,8,10H2,1H3. The Balaban J connectivity index is 1.91. The smallest absolute Gasteiger partial charge is 0.305 e. The Morgan fingerprint density at radius 3 is 2.95 bits per heavy atom. The molecule has 0 aliphatic carbocycles. The number of methoxy groups -OCH3 is 1. The molecule has 1 aromatic carbocycles. The van der Waals surface area contributed by atoms with Gasteiger partial charge in [-0.15, -0.1) is 0 Å². The molecule has 5 heteroatoms. The average Bonchev–Trinajstić information content (AvgIpc) is 2.77. The minimum Gasteiger partial charge on any atom is -0.469 e. The maximum Gasteiger partial charge on any atom is 0.305 e. The van der Waals surface area contributed by atoms with Crippen LogP contribution in [0.2, 0.25) is 5.02 Å². The monoisotopic (exact) mass is 293 g/mol.